The molecule has 4 nitrogen and oxygen atoms in total. The van der Waals surface area contributed by atoms with Gasteiger partial charge in [-0.3, -0.25) is 9.79 Å². The fourth-order valence-electron chi connectivity index (χ4n) is 3.14. The highest BCUT2D eigenvalue weighted by Gasteiger charge is 2.36. The van der Waals surface area contributed by atoms with Crippen LogP contribution in [-0.4, -0.2) is 24.7 Å². The highest BCUT2D eigenvalue weighted by Crippen LogP contribution is 2.32. The Bertz CT molecular complexity index is 794. The van der Waals surface area contributed by atoms with Crippen molar-refractivity contribution in [2.75, 3.05) is 13.1 Å². The van der Waals surface area contributed by atoms with E-state index in [0.717, 1.165) is 22.4 Å². The molecule has 1 atom stereocenters. The molecule has 0 spiro atoms. The molecule has 2 aromatic rings. The largest absolute Gasteiger partial charge is 0.378 e. The van der Waals surface area contributed by atoms with Crippen LogP contribution >= 0.6 is 0 Å². The molecule has 0 aromatic heterocycles. The summed E-state index contributed by atoms with van der Waals surface area (Å²) in [7, 11) is 0. The molecule has 0 aliphatic carbocycles. The van der Waals surface area contributed by atoms with E-state index < -0.39 is 0 Å². The Balaban J connectivity index is 1.86. The van der Waals surface area contributed by atoms with Crippen LogP contribution in [0.15, 0.2) is 76.9 Å². The van der Waals surface area contributed by atoms with Gasteiger partial charge in [0.1, 0.15) is 5.70 Å². The van der Waals surface area contributed by atoms with Gasteiger partial charge in [-0.15, -0.1) is 0 Å². The molecule has 0 radical (unpaired) electrons. The monoisotopic (exact) mass is 303 g/mol. The zero-order valence-electron chi connectivity index (χ0n) is 12.6. The lowest BCUT2D eigenvalue weighted by atomic mass is 9.92. The van der Waals surface area contributed by atoms with Crippen LogP contribution in [0.2, 0.25) is 0 Å². The molecule has 2 aromatic carbocycles. The summed E-state index contributed by atoms with van der Waals surface area (Å²) in [4.78, 5) is 17.2. The molecule has 23 heavy (non-hydrogen) atoms. The summed E-state index contributed by atoms with van der Waals surface area (Å²) < 4.78 is 0. The van der Waals surface area contributed by atoms with E-state index >= 15 is 0 Å². The number of nitrogens with zero attached hydrogens (tertiary/aromatic N) is 1. The first-order chi connectivity index (χ1) is 11.3. The van der Waals surface area contributed by atoms with Gasteiger partial charge in [0.05, 0.1) is 18.3 Å². The molecule has 0 saturated carbocycles. The lowest BCUT2D eigenvalue weighted by Gasteiger charge is -2.17. The van der Waals surface area contributed by atoms with Gasteiger partial charge in [0, 0.05) is 17.7 Å². The van der Waals surface area contributed by atoms with Crippen molar-refractivity contribution in [2.45, 2.75) is 6.04 Å². The molecule has 2 heterocycles. The first-order valence-electron chi connectivity index (χ1n) is 7.78. The zero-order valence-corrected chi connectivity index (χ0v) is 12.6. The van der Waals surface area contributed by atoms with Crippen molar-refractivity contribution < 1.29 is 4.79 Å². The van der Waals surface area contributed by atoms with Gasteiger partial charge in [0.15, 0.2) is 0 Å². The molecule has 2 aliphatic rings. The van der Waals surface area contributed by atoms with Crippen molar-refractivity contribution in [1.29, 1.82) is 0 Å². The van der Waals surface area contributed by atoms with Crippen molar-refractivity contribution in [3.05, 3.63) is 83.1 Å². The summed E-state index contributed by atoms with van der Waals surface area (Å²) in [5.41, 5.74) is 4.61. The Morgan fingerprint density at radius 3 is 2.39 bits per heavy atom. The van der Waals surface area contributed by atoms with Crippen LogP contribution in [0.3, 0.4) is 0 Å². The van der Waals surface area contributed by atoms with Gasteiger partial charge in [0.2, 0.25) is 0 Å². The number of amides is 1. The second kappa shape index (κ2) is 5.72. The average molecular weight is 303 g/mol. The fourth-order valence-corrected chi connectivity index (χ4v) is 3.14. The van der Waals surface area contributed by atoms with Gasteiger partial charge in [0.25, 0.3) is 5.91 Å². The van der Waals surface area contributed by atoms with Crippen LogP contribution in [0, 0.1) is 0 Å². The van der Waals surface area contributed by atoms with Crippen LogP contribution in [0.25, 0.3) is 0 Å². The quantitative estimate of drug-likeness (QED) is 0.893. The van der Waals surface area contributed by atoms with Gasteiger partial charge < -0.3 is 10.6 Å². The van der Waals surface area contributed by atoms with Gasteiger partial charge in [-0.2, -0.15) is 0 Å². The molecule has 0 bridgehead atoms. The van der Waals surface area contributed by atoms with Crippen LogP contribution in [0.5, 0.6) is 0 Å². The highest BCUT2D eigenvalue weighted by molar-refractivity contribution is 6.19. The standard InChI is InChI=1S/C19H17N3O/c23-19-18-15(17(22-19)14-9-5-2-6-10-14)16(20-11-12-21-18)13-7-3-1-4-8-13/h1-10,17,21H,11-12H2,(H,22,23). The summed E-state index contributed by atoms with van der Waals surface area (Å²) in [6.45, 7) is 1.33. The Kier molecular flexibility index (Phi) is 3.42. The van der Waals surface area contributed by atoms with Crippen LogP contribution in [-0.2, 0) is 4.79 Å². The molecular formula is C19H17N3O. The van der Waals surface area contributed by atoms with Gasteiger partial charge >= 0.3 is 0 Å². The van der Waals surface area contributed by atoms with Crippen LogP contribution < -0.4 is 10.6 Å². The van der Waals surface area contributed by atoms with Crippen molar-refractivity contribution in [3.63, 3.8) is 0 Å². The molecule has 2 aliphatic heterocycles. The van der Waals surface area contributed by atoms with Crippen LogP contribution in [0.1, 0.15) is 17.2 Å². The molecule has 0 fully saturated rings. The molecular weight excluding hydrogens is 286 g/mol. The number of nitrogens with one attached hydrogen (secondary N) is 2. The summed E-state index contributed by atoms with van der Waals surface area (Å²) >= 11 is 0. The Morgan fingerprint density at radius 1 is 0.957 bits per heavy atom. The zero-order chi connectivity index (χ0) is 15.6. The number of hydrogen-bond acceptors (Lipinski definition) is 3. The molecule has 1 unspecified atom stereocenters. The minimum Gasteiger partial charge on any atom is -0.378 e. The number of hydrogen-bond donors (Lipinski definition) is 2. The Hall–Kier alpha value is -2.88. The SMILES string of the molecule is O=C1NC(c2ccccc2)C2=C1NCCN=C2c1ccccc1. The number of carbonyl (C=O) groups excluding carboxylic acids is 1. The summed E-state index contributed by atoms with van der Waals surface area (Å²) in [6, 6.07) is 19.9. The first kappa shape index (κ1) is 13.8. The predicted octanol–water partition coefficient (Wildman–Crippen LogP) is 2.20. The average Bonchev–Trinajstić information content (AvgIpc) is 2.80. The van der Waals surface area contributed by atoms with E-state index in [-0.39, 0.29) is 11.9 Å². The van der Waals surface area contributed by atoms with E-state index in [1.165, 1.54) is 0 Å². The minimum atomic E-state index is -0.164. The summed E-state index contributed by atoms with van der Waals surface area (Å²) in [5, 5.41) is 6.33. The topological polar surface area (TPSA) is 53.5 Å². The van der Waals surface area contributed by atoms with E-state index in [0.29, 0.717) is 18.8 Å². The molecule has 1 amide bonds. The maximum Gasteiger partial charge on any atom is 0.268 e. The van der Waals surface area contributed by atoms with Crippen LogP contribution in [0.4, 0.5) is 0 Å². The van der Waals surface area contributed by atoms with E-state index in [1.54, 1.807) is 0 Å². The fraction of sp³-hybridized carbons (Fsp3) is 0.158. The van der Waals surface area contributed by atoms with E-state index in [4.69, 9.17) is 4.99 Å². The number of rotatable bonds is 2. The summed E-state index contributed by atoms with van der Waals surface area (Å²) in [5.74, 6) is -0.0561. The van der Waals surface area contributed by atoms with Crippen molar-refractivity contribution in [1.82, 2.24) is 10.6 Å². The third kappa shape index (κ3) is 2.42. The third-order valence-corrected chi connectivity index (χ3v) is 4.18. The van der Waals surface area contributed by atoms with Gasteiger partial charge in [-0.05, 0) is 5.56 Å². The first-order valence-corrected chi connectivity index (χ1v) is 7.78. The number of carbonyl (C=O) groups is 1. The van der Waals surface area contributed by atoms with Crippen molar-refractivity contribution >= 4 is 11.6 Å². The Labute approximate surface area is 134 Å². The van der Waals surface area contributed by atoms with Crippen molar-refractivity contribution in [3.8, 4) is 0 Å². The van der Waals surface area contributed by atoms with E-state index in [1.807, 2.05) is 60.7 Å². The lowest BCUT2D eigenvalue weighted by Crippen LogP contribution is -2.28. The predicted molar refractivity (Wildman–Crippen MR) is 90.2 cm³/mol. The molecule has 4 heteroatoms. The Morgan fingerprint density at radius 2 is 1.65 bits per heavy atom. The van der Waals surface area contributed by atoms with Gasteiger partial charge in [-0.1, -0.05) is 60.7 Å². The van der Waals surface area contributed by atoms with Crippen molar-refractivity contribution in [2.24, 2.45) is 4.99 Å². The van der Waals surface area contributed by atoms with Gasteiger partial charge in [-0.25, -0.2) is 0 Å². The number of benzene rings is 2. The maximum atomic E-state index is 12.4. The lowest BCUT2D eigenvalue weighted by molar-refractivity contribution is -0.117. The second-order valence-corrected chi connectivity index (χ2v) is 5.63. The summed E-state index contributed by atoms with van der Waals surface area (Å²) in [6.07, 6.45) is 0. The number of aliphatic imine (C=N–C) groups is 1. The molecule has 114 valence electrons. The van der Waals surface area contributed by atoms with E-state index in [2.05, 4.69) is 10.6 Å². The second-order valence-electron chi connectivity index (χ2n) is 5.63. The smallest absolute Gasteiger partial charge is 0.268 e. The highest BCUT2D eigenvalue weighted by atomic mass is 16.2. The molecule has 2 N–H and O–H groups in total. The minimum absolute atomic E-state index is 0.0561. The third-order valence-electron chi connectivity index (χ3n) is 4.18. The van der Waals surface area contributed by atoms with E-state index in [9.17, 15) is 4.79 Å². The maximum absolute atomic E-state index is 12.4. The molecule has 0 saturated heterocycles. The normalized spacial score (nSPS) is 20.3. The molecule has 4 rings (SSSR count).